The first-order valence-corrected chi connectivity index (χ1v) is 6.55. The van der Waals surface area contributed by atoms with Gasteiger partial charge in [0.05, 0.1) is 5.75 Å². The average Bonchev–Trinajstić information content (AvgIpc) is 2.32. The number of hydrogen-bond acceptors (Lipinski definition) is 3. The lowest BCUT2D eigenvalue weighted by Gasteiger charge is -2.22. The van der Waals surface area contributed by atoms with Crippen molar-refractivity contribution in [2.45, 2.75) is 13.0 Å². The van der Waals surface area contributed by atoms with Gasteiger partial charge < -0.3 is 10.6 Å². The Morgan fingerprint density at radius 1 is 1.41 bits per heavy atom. The number of aryl methyl sites for hydroxylation is 1. The number of amides is 2. The Hall–Kier alpha value is -1.49. The van der Waals surface area contributed by atoms with Crippen molar-refractivity contribution < 1.29 is 9.59 Å². The molecule has 1 saturated heterocycles. The van der Waals surface area contributed by atoms with Crippen LogP contribution in [-0.4, -0.2) is 29.4 Å². The van der Waals surface area contributed by atoms with Crippen molar-refractivity contribution in [1.29, 1.82) is 0 Å². The SMILES string of the molecule is Cc1ccc(NC(=O)C2CSCC(=O)N2)cc1. The summed E-state index contributed by atoms with van der Waals surface area (Å²) in [5, 5.41) is 5.47. The molecule has 1 aromatic rings. The lowest BCUT2D eigenvalue weighted by molar-refractivity contribution is -0.124. The predicted octanol–water partition coefficient (Wildman–Crippen LogP) is 1.17. The predicted molar refractivity (Wildman–Crippen MR) is 69.1 cm³/mol. The molecule has 1 atom stereocenters. The van der Waals surface area contributed by atoms with Crippen molar-refractivity contribution in [1.82, 2.24) is 5.32 Å². The molecule has 0 saturated carbocycles. The molecule has 0 radical (unpaired) electrons. The molecule has 5 heteroatoms. The second-order valence-electron chi connectivity index (χ2n) is 3.99. The van der Waals surface area contributed by atoms with E-state index in [2.05, 4.69) is 10.6 Å². The van der Waals surface area contributed by atoms with Crippen LogP contribution in [0.5, 0.6) is 0 Å². The maximum Gasteiger partial charge on any atom is 0.247 e. The van der Waals surface area contributed by atoms with E-state index in [9.17, 15) is 9.59 Å². The van der Waals surface area contributed by atoms with Crippen LogP contribution >= 0.6 is 11.8 Å². The Morgan fingerprint density at radius 3 is 2.76 bits per heavy atom. The van der Waals surface area contributed by atoms with Crippen molar-refractivity contribution in [3.8, 4) is 0 Å². The summed E-state index contributed by atoms with van der Waals surface area (Å²) >= 11 is 1.48. The number of nitrogens with one attached hydrogen (secondary N) is 2. The van der Waals surface area contributed by atoms with Gasteiger partial charge in [-0.15, -0.1) is 11.8 Å². The standard InChI is InChI=1S/C12H14N2O2S/c1-8-2-4-9(5-3-8)13-12(16)10-6-17-7-11(15)14-10/h2-5,10H,6-7H2,1H3,(H,13,16)(H,14,15). The third kappa shape index (κ3) is 3.23. The van der Waals surface area contributed by atoms with Gasteiger partial charge in [-0.2, -0.15) is 0 Å². The smallest absolute Gasteiger partial charge is 0.247 e. The molecule has 2 N–H and O–H groups in total. The van der Waals surface area contributed by atoms with Crippen LogP contribution in [0.15, 0.2) is 24.3 Å². The minimum absolute atomic E-state index is 0.0784. The van der Waals surface area contributed by atoms with Crippen molar-refractivity contribution in [2.75, 3.05) is 16.8 Å². The number of benzene rings is 1. The molecular formula is C12H14N2O2S. The van der Waals surface area contributed by atoms with Crippen molar-refractivity contribution in [3.05, 3.63) is 29.8 Å². The topological polar surface area (TPSA) is 58.2 Å². The highest BCUT2D eigenvalue weighted by molar-refractivity contribution is 8.00. The van der Waals surface area contributed by atoms with E-state index in [1.165, 1.54) is 11.8 Å². The summed E-state index contributed by atoms with van der Waals surface area (Å²) in [6, 6.07) is 7.14. The van der Waals surface area contributed by atoms with Crippen LogP contribution in [-0.2, 0) is 9.59 Å². The van der Waals surface area contributed by atoms with Crippen LogP contribution < -0.4 is 10.6 Å². The van der Waals surface area contributed by atoms with Gasteiger partial charge in [0, 0.05) is 11.4 Å². The number of hydrogen-bond donors (Lipinski definition) is 2. The highest BCUT2D eigenvalue weighted by Gasteiger charge is 2.24. The van der Waals surface area contributed by atoms with Crippen LogP contribution in [0.3, 0.4) is 0 Å². The average molecular weight is 250 g/mol. The maximum absolute atomic E-state index is 11.9. The molecule has 0 aliphatic carbocycles. The molecule has 1 heterocycles. The molecule has 0 bridgehead atoms. The molecule has 1 aliphatic heterocycles. The first-order chi connectivity index (χ1) is 8.15. The molecule has 2 rings (SSSR count). The number of carbonyl (C=O) groups is 2. The maximum atomic E-state index is 11.9. The molecule has 0 spiro atoms. The van der Waals surface area contributed by atoms with Gasteiger partial charge in [0.1, 0.15) is 6.04 Å². The summed E-state index contributed by atoms with van der Waals surface area (Å²) in [7, 11) is 0. The zero-order chi connectivity index (χ0) is 12.3. The van der Waals surface area contributed by atoms with Crippen LogP contribution in [0.25, 0.3) is 0 Å². The Balaban J connectivity index is 1.96. The summed E-state index contributed by atoms with van der Waals surface area (Å²) in [6.45, 7) is 1.99. The van der Waals surface area contributed by atoms with Crippen molar-refractivity contribution >= 4 is 29.3 Å². The quantitative estimate of drug-likeness (QED) is 0.828. The molecule has 17 heavy (non-hydrogen) atoms. The number of anilines is 1. The second kappa shape index (κ2) is 5.23. The van der Waals surface area contributed by atoms with Gasteiger partial charge >= 0.3 is 0 Å². The summed E-state index contributed by atoms with van der Waals surface area (Å²) in [6.07, 6.45) is 0. The van der Waals surface area contributed by atoms with E-state index in [1.807, 2.05) is 31.2 Å². The van der Waals surface area contributed by atoms with Gasteiger partial charge in [-0.05, 0) is 19.1 Å². The first kappa shape index (κ1) is 12.0. The van der Waals surface area contributed by atoms with Gasteiger partial charge in [0.2, 0.25) is 11.8 Å². The zero-order valence-electron chi connectivity index (χ0n) is 9.53. The second-order valence-corrected chi connectivity index (χ2v) is 5.02. The fourth-order valence-electron chi connectivity index (χ4n) is 1.55. The van der Waals surface area contributed by atoms with E-state index in [-0.39, 0.29) is 11.8 Å². The lowest BCUT2D eigenvalue weighted by atomic mass is 10.2. The molecule has 90 valence electrons. The normalized spacial score (nSPS) is 19.6. The number of thioether (sulfide) groups is 1. The Morgan fingerprint density at radius 2 is 2.12 bits per heavy atom. The molecule has 1 aliphatic rings. The Labute approximate surface area is 104 Å². The summed E-state index contributed by atoms with van der Waals surface area (Å²) in [5.74, 6) is 0.831. The number of carbonyl (C=O) groups excluding carboxylic acids is 2. The van der Waals surface area contributed by atoms with E-state index in [1.54, 1.807) is 0 Å². The van der Waals surface area contributed by atoms with Crippen LogP contribution in [0, 0.1) is 6.92 Å². The van der Waals surface area contributed by atoms with Gasteiger partial charge in [-0.25, -0.2) is 0 Å². The van der Waals surface area contributed by atoms with Crippen LogP contribution in [0.1, 0.15) is 5.56 Å². The molecule has 1 aromatic carbocycles. The molecule has 1 unspecified atom stereocenters. The van der Waals surface area contributed by atoms with Crippen LogP contribution in [0.4, 0.5) is 5.69 Å². The monoisotopic (exact) mass is 250 g/mol. The van der Waals surface area contributed by atoms with E-state index >= 15 is 0 Å². The Bertz CT molecular complexity index is 431. The third-order valence-electron chi connectivity index (χ3n) is 2.49. The minimum Gasteiger partial charge on any atom is -0.343 e. The van der Waals surface area contributed by atoms with Gasteiger partial charge in [0.15, 0.2) is 0 Å². The fraction of sp³-hybridized carbons (Fsp3) is 0.333. The van der Waals surface area contributed by atoms with Crippen molar-refractivity contribution in [2.24, 2.45) is 0 Å². The highest BCUT2D eigenvalue weighted by Crippen LogP contribution is 2.12. The fourth-order valence-corrected chi connectivity index (χ4v) is 2.41. The summed E-state index contributed by atoms with van der Waals surface area (Å²) in [5.41, 5.74) is 1.90. The van der Waals surface area contributed by atoms with Crippen LogP contribution in [0.2, 0.25) is 0 Å². The van der Waals surface area contributed by atoms with E-state index in [0.717, 1.165) is 11.3 Å². The van der Waals surface area contributed by atoms with Gasteiger partial charge in [-0.1, -0.05) is 17.7 Å². The van der Waals surface area contributed by atoms with E-state index in [4.69, 9.17) is 0 Å². The van der Waals surface area contributed by atoms with E-state index < -0.39 is 6.04 Å². The van der Waals surface area contributed by atoms with E-state index in [0.29, 0.717) is 11.5 Å². The van der Waals surface area contributed by atoms with Gasteiger partial charge in [-0.3, -0.25) is 9.59 Å². The Kier molecular flexibility index (Phi) is 3.68. The zero-order valence-corrected chi connectivity index (χ0v) is 10.3. The molecule has 1 fully saturated rings. The largest absolute Gasteiger partial charge is 0.343 e. The first-order valence-electron chi connectivity index (χ1n) is 5.40. The number of rotatable bonds is 2. The molecule has 4 nitrogen and oxygen atoms in total. The molecule has 2 amide bonds. The third-order valence-corrected chi connectivity index (χ3v) is 3.52. The molecule has 0 aromatic heterocycles. The van der Waals surface area contributed by atoms with Crippen molar-refractivity contribution in [3.63, 3.8) is 0 Å². The molecular weight excluding hydrogens is 236 g/mol. The lowest BCUT2D eigenvalue weighted by Crippen LogP contribution is -2.49. The highest BCUT2D eigenvalue weighted by atomic mass is 32.2. The summed E-state index contributed by atoms with van der Waals surface area (Å²) < 4.78 is 0. The van der Waals surface area contributed by atoms with Gasteiger partial charge in [0.25, 0.3) is 0 Å². The summed E-state index contributed by atoms with van der Waals surface area (Å²) in [4.78, 5) is 23.0. The minimum atomic E-state index is -0.428.